The van der Waals surface area contributed by atoms with E-state index >= 15 is 0 Å². The van der Waals surface area contributed by atoms with Gasteiger partial charge in [0.15, 0.2) is 0 Å². The van der Waals surface area contributed by atoms with Crippen LogP contribution in [0.5, 0.6) is 0 Å². The number of amides is 1. The third kappa shape index (κ3) is 4.99. The summed E-state index contributed by atoms with van der Waals surface area (Å²) in [6.45, 7) is 1.07. The molecule has 3 aromatic carbocycles. The SMILES string of the molecule is CN(CCNC(=O)c1cccc(S(=O)(=O)N(C)c2ccccc2)c1)c1ccccc1. The van der Waals surface area contributed by atoms with Gasteiger partial charge in [0.05, 0.1) is 10.6 Å². The predicted molar refractivity (Wildman–Crippen MR) is 121 cm³/mol. The number of nitrogens with zero attached hydrogens (tertiary/aromatic N) is 2. The van der Waals surface area contributed by atoms with Gasteiger partial charge < -0.3 is 10.2 Å². The first-order chi connectivity index (χ1) is 14.4. The van der Waals surface area contributed by atoms with E-state index in [4.69, 9.17) is 0 Å². The summed E-state index contributed by atoms with van der Waals surface area (Å²) in [7, 11) is -0.324. The summed E-state index contributed by atoms with van der Waals surface area (Å²) in [5.74, 6) is -0.309. The van der Waals surface area contributed by atoms with Crippen molar-refractivity contribution in [2.75, 3.05) is 36.4 Å². The quantitative estimate of drug-likeness (QED) is 0.603. The maximum Gasteiger partial charge on any atom is 0.264 e. The summed E-state index contributed by atoms with van der Waals surface area (Å²) in [4.78, 5) is 14.7. The van der Waals surface area contributed by atoms with E-state index in [0.29, 0.717) is 24.3 Å². The van der Waals surface area contributed by atoms with Gasteiger partial charge in [-0.25, -0.2) is 8.42 Å². The molecule has 30 heavy (non-hydrogen) atoms. The molecule has 0 saturated carbocycles. The second-order valence-corrected chi connectivity index (χ2v) is 8.82. The van der Waals surface area contributed by atoms with Crippen molar-refractivity contribution in [3.63, 3.8) is 0 Å². The van der Waals surface area contributed by atoms with Gasteiger partial charge in [0.2, 0.25) is 0 Å². The minimum Gasteiger partial charge on any atom is -0.373 e. The molecule has 1 N–H and O–H groups in total. The second kappa shape index (κ2) is 9.45. The molecule has 3 aromatic rings. The fraction of sp³-hybridized carbons (Fsp3) is 0.174. The molecule has 0 spiro atoms. The van der Waals surface area contributed by atoms with Crippen LogP contribution in [0.4, 0.5) is 11.4 Å². The lowest BCUT2D eigenvalue weighted by atomic mass is 10.2. The first-order valence-corrected chi connectivity index (χ1v) is 11.0. The average molecular weight is 424 g/mol. The summed E-state index contributed by atoms with van der Waals surface area (Å²) in [5, 5.41) is 2.85. The van der Waals surface area contributed by atoms with E-state index in [9.17, 15) is 13.2 Å². The van der Waals surface area contributed by atoms with E-state index in [2.05, 4.69) is 5.32 Å². The van der Waals surface area contributed by atoms with E-state index in [-0.39, 0.29) is 10.8 Å². The highest BCUT2D eigenvalue weighted by atomic mass is 32.2. The standard InChI is InChI=1S/C23H25N3O3S/c1-25(20-11-5-3-6-12-20)17-16-24-23(27)19-10-9-15-22(18-19)30(28,29)26(2)21-13-7-4-8-14-21/h3-15,18H,16-17H2,1-2H3,(H,24,27). The molecule has 0 aliphatic rings. The van der Waals surface area contributed by atoms with Crippen LogP contribution < -0.4 is 14.5 Å². The number of carbonyl (C=O) groups is 1. The molecule has 6 nitrogen and oxygen atoms in total. The molecule has 0 bridgehead atoms. The zero-order chi connectivity index (χ0) is 21.6. The molecule has 0 aliphatic heterocycles. The van der Waals surface area contributed by atoms with Crippen molar-refractivity contribution in [3.8, 4) is 0 Å². The Morgan fingerprint density at radius 3 is 2.07 bits per heavy atom. The van der Waals surface area contributed by atoms with Crippen molar-refractivity contribution in [3.05, 3.63) is 90.5 Å². The van der Waals surface area contributed by atoms with Gasteiger partial charge in [-0.1, -0.05) is 42.5 Å². The smallest absolute Gasteiger partial charge is 0.264 e. The van der Waals surface area contributed by atoms with Gasteiger partial charge in [0.1, 0.15) is 0 Å². The van der Waals surface area contributed by atoms with Crippen molar-refractivity contribution in [2.24, 2.45) is 0 Å². The molecular formula is C23H25N3O3S. The van der Waals surface area contributed by atoms with Crippen LogP contribution in [0.1, 0.15) is 10.4 Å². The lowest BCUT2D eigenvalue weighted by Gasteiger charge is -2.20. The van der Waals surface area contributed by atoms with Crippen LogP contribution in [0.15, 0.2) is 89.8 Å². The maximum absolute atomic E-state index is 13.0. The molecule has 0 atom stereocenters. The second-order valence-electron chi connectivity index (χ2n) is 6.85. The average Bonchev–Trinajstić information content (AvgIpc) is 2.79. The van der Waals surface area contributed by atoms with Crippen LogP contribution in [0.3, 0.4) is 0 Å². The third-order valence-corrected chi connectivity index (χ3v) is 6.59. The fourth-order valence-electron chi connectivity index (χ4n) is 2.98. The largest absolute Gasteiger partial charge is 0.373 e. The minimum atomic E-state index is -3.77. The molecule has 0 radical (unpaired) electrons. The van der Waals surface area contributed by atoms with E-state index in [1.807, 2.05) is 48.3 Å². The molecule has 0 heterocycles. The van der Waals surface area contributed by atoms with Crippen molar-refractivity contribution < 1.29 is 13.2 Å². The van der Waals surface area contributed by atoms with Crippen LogP contribution in [0.2, 0.25) is 0 Å². The first kappa shape index (κ1) is 21.4. The Morgan fingerprint density at radius 1 is 0.833 bits per heavy atom. The van der Waals surface area contributed by atoms with Gasteiger partial charge in [-0.15, -0.1) is 0 Å². The number of likely N-dealkylation sites (N-methyl/N-ethyl adjacent to an activating group) is 1. The molecular weight excluding hydrogens is 398 g/mol. The summed E-state index contributed by atoms with van der Waals surface area (Å²) in [6, 6.07) is 24.8. The Kier molecular flexibility index (Phi) is 6.74. The number of sulfonamides is 1. The topological polar surface area (TPSA) is 69.7 Å². The molecule has 1 amide bonds. The van der Waals surface area contributed by atoms with Crippen molar-refractivity contribution in [1.82, 2.24) is 5.32 Å². The number of carbonyl (C=O) groups excluding carboxylic acids is 1. The molecule has 0 saturated heterocycles. The molecule has 3 rings (SSSR count). The molecule has 0 unspecified atom stereocenters. The van der Waals surface area contributed by atoms with Crippen molar-refractivity contribution in [2.45, 2.75) is 4.90 Å². The Morgan fingerprint density at radius 2 is 1.43 bits per heavy atom. The number of hydrogen-bond acceptors (Lipinski definition) is 4. The van der Waals surface area contributed by atoms with E-state index in [1.54, 1.807) is 36.4 Å². The van der Waals surface area contributed by atoms with Crippen LogP contribution in [-0.4, -0.2) is 41.5 Å². The predicted octanol–water partition coefficient (Wildman–Crippen LogP) is 3.38. The zero-order valence-electron chi connectivity index (χ0n) is 17.0. The highest BCUT2D eigenvalue weighted by Crippen LogP contribution is 2.22. The summed E-state index contributed by atoms with van der Waals surface area (Å²) in [5.41, 5.74) is 1.92. The maximum atomic E-state index is 13.0. The van der Waals surface area contributed by atoms with Gasteiger partial charge in [-0.05, 0) is 42.5 Å². The van der Waals surface area contributed by atoms with Crippen molar-refractivity contribution in [1.29, 1.82) is 0 Å². The molecule has 0 aliphatic carbocycles. The van der Waals surface area contributed by atoms with Gasteiger partial charge in [0, 0.05) is 38.4 Å². The third-order valence-electron chi connectivity index (χ3n) is 4.80. The van der Waals surface area contributed by atoms with Gasteiger partial charge >= 0.3 is 0 Å². The number of benzene rings is 3. The highest BCUT2D eigenvalue weighted by molar-refractivity contribution is 7.92. The van der Waals surface area contributed by atoms with Crippen molar-refractivity contribution >= 4 is 27.3 Å². The Labute approximate surface area is 177 Å². The first-order valence-electron chi connectivity index (χ1n) is 9.58. The zero-order valence-corrected chi connectivity index (χ0v) is 17.8. The number of nitrogens with one attached hydrogen (secondary N) is 1. The number of rotatable bonds is 8. The van der Waals surface area contributed by atoms with Gasteiger partial charge in [-0.2, -0.15) is 0 Å². The van der Waals surface area contributed by atoms with E-state index < -0.39 is 10.0 Å². The summed E-state index contributed by atoms with van der Waals surface area (Å²) < 4.78 is 27.1. The highest BCUT2D eigenvalue weighted by Gasteiger charge is 2.22. The molecule has 7 heteroatoms. The van der Waals surface area contributed by atoms with Crippen LogP contribution in [0.25, 0.3) is 0 Å². The minimum absolute atomic E-state index is 0.0721. The van der Waals surface area contributed by atoms with Crippen LogP contribution in [0, 0.1) is 0 Å². The van der Waals surface area contributed by atoms with Gasteiger partial charge in [0.25, 0.3) is 15.9 Å². The van der Waals surface area contributed by atoms with E-state index in [1.165, 1.54) is 23.5 Å². The number of anilines is 2. The Balaban J connectivity index is 1.66. The number of hydrogen-bond donors (Lipinski definition) is 1. The van der Waals surface area contributed by atoms with Gasteiger partial charge in [-0.3, -0.25) is 9.10 Å². The Hall–Kier alpha value is -3.32. The molecule has 156 valence electrons. The van der Waals surface area contributed by atoms with E-state index in [0.717, 1.165) is 5.69 Å². The lowest BCUT2D eigenvalue weighted by Crippen LogP contribution is -2.33. The Bertz CT molecular complexity index is 1090. The lowest BCUT2D eigenvalue weighted by molar-refractivity contribution is 0.0954. The normalized spacial score (nSPS) is 11.0. The fourth-order valence-corrected chi connectivity index (χ4v) is 4.23. The van der Waals surface area contributed by atoms with Crippen LogP contribution >= 0.6 is 0 Å². The monoisotopic (exact) mass is 423 g/mol. The summed E-state index contributed by atoms with van der Waals surface area (Å²) >= 11 is 0. The molecule has 0 aromatic heterocycles. The summed E-state index contributed by atoms with van der Waals surface area (Å²) in [6.07, 6.45) is 0. The number of para-hydroxylation sites is 2. The van der Waals surface area contributed by atoms with Crippen LogP contribution in [-0.2, 0) is 10.0 Å². The molecule has 0 fully saturated rings.